The van der Waals surface area contributed by atoms with Crippen LogP contribution in [0.3, 0.4) is 0 Å². The number of benzene rings is 1. The third kappa shape index (κ3) is 1.53. The molecule has 1 aromatic carbocycles. The Balaban J connectivity index is 2.69. The molecule has 0 amide bonds. The molecular weight excluding hydrogens is 216 g/mol. The highest BCUT2D eigenvalue weighted by molar-refractivity contribution is 6.31. The number of hydrogen-bond donors (Lipinski definition) is 2. The fourth-order valence-corrected chi connectivity index (χ4v) is 1.63. The predicted octanol–water partition coefficient (Wildman–Crippen LogP) is 2.19. The van der Waals surface area contributed by atoms with Crippen molar-refractivity contribution in [3.8, 4) is 0 Å². The highest BCUT2D eigenvalue weighted by Crippen LogP contribution is 2.27. The van der Waals surface area contributed by atoms with Gasteiger partial charge in [-0.1, -0.05) is 11.6 Å². The van der Waals surface area contributed by atoms with Crippen LogP contribution in [0.15, 0.2) is 18.2 Å². The van der Waals surface area contributed by atoms with Crippen LogP contribution in [-0.4, -0.2) is 18.1 Å². The van der Waals surface area contributed by atoms with Gasteiger partial charge >= 0.3 is 5.97 Å². The molecule has 0 unspecified atom stereocenters. The average Bonchev–Trinajstić information content (AvgIpc) is 2.54. The van der Waals surface area contributed by atoms with Gasteiger partial charge in [-0.05, 0) is 18.2 Å². The van der Waals surface area contributed by atoms with E-state index in [1.807, 2.05) is 0 Å². The number of rotatable bonds is 1. The molecule has 1 heterocycles. The van der Waals surface area contributed by atoms with Crippen molar-refractivity contribution in [3.63, 3.8) is 0 Å². The number of H-pyrrole nitrogens is 1. The lowest BCUT2D eigenvalue weighted by atomic mass is 10.2. The van der Waals surface area contributed by atoms with Gasteiger partial charge in [0.15, 0.2) is 0 Å². The van der Waals surface area contributed by atoms with E-state index in [4.69, 9.17) is 17.3 Å². The van der Waals surface area contributed by atoms with Gasteiger partial charge in [0.05, 0.1) is 12.8 Å². The second-order valence-electron chi connectivity index (χ2n) is 3.10. The number of hydrogen-bond acceptors (Lipinski definition) is 3. The van der Waals surface area contributed by atoms with Gasteiger partial charge in [0.2, 0.25) is 0 Å². The van der Waals surface area contributed by atoms with Crippen LogP contribution in [0, 0.1) is 0 Å². The summed E-state index contributed by atoms with van der Waals surface area (Å²) in [6.07, 6.45) is 0. The number of anilines is 1. The Hall–Kier alpha value is -1.68. The summed E-state index contributed by atoms with van der Waals surface area (Å²) in [7, 11) is 1.31. The summed E-state index contributed by atoms with van der Waals surface area (Å²) in [6.45, 7) is 0. The highest BCUT2D eigenvalue weighted by atomic mass is 35.5. The lowest BCUT2D eigenvalue weighted by molar-refractivity contribution is 0.0596. The Morgan fingerprint density at radius 3 is 2.93 bits per heavy atom. The van der Waals surface area contributed by atoms with Crippen molar-refractivity contribution < 1.29 is 9.53 Å². The van der Waals surface area contributed by atoms with Crippen molar-refractivity contribution in [2.45, 2.75) is 0 Å². The molecule has 2 aromatic rings. The van der Waals surface area contributed by atoms with Gasteiger partial charge in [0, 0.05) is 15.9 Å². The van der Waals surface area contributed by atoms with Crippen molar-refractivity contribution >= 4 is 34.2 Å². The number of nitrogens with two attached hydrogens (primary N) is 1. The fourth-order valence-electron chi connectivity index (χ4n) is 1.45. The predicted molar refractivity (Wildman–Crippen MR) is 59.1 cm³/mol. The molecule has 0 aliphatic rings. The molecule has 3 N–H and O–H groups in total. The number of ether oxygens (including phenoxy) is 1. The van der Waals surface area contributed by atoms with E-state index >= 15 is 0 Å². The van der Waals surface area contributed by atoms with E-state index < -0.39 is 5.97 Å². The second-order valence-corrected chi connectivity index (χ2v) is 3.53. The number of esters is 1. The maximum atomic E-state index is 11.3. The molecule has 0 saturated heterocycles. The fraction of sp³-hybridized carbons (Fsp3) is 0.100. The first kappa shape index (κ1) is 9.86. The monoisotopic (exact) mass is 224 g/mol. The topological polar surface area (TPSA) is 68.1 Å². The van der Waals surface area contributed by atoms with Crippen molar-refractivity contribution in [2.75, 3.05) is 12.8 Å². The van der Waals surface area contributed by atoms with Crippen LogP contribution in [0.5, 0.6) is 0 Å². The molecule has 1 aromatic heterocycles. The van der Waals surface area contributed by atoms with Gasteiger partial charge < -0.3 is 15.5 Å². The normalized spacial score (nSPS) is 10.5. The summed E-state index contributed by atoms with van der Waals surface area (Å²) in [4.78, 5) is 14.2. The van der Waals surface area contributed by atoms with E-state index in [0.29, 0.717) is 10.7 Å². The number of aromatic amines is 1. The van der Waals surface area contributed by atoms with Gasteiger partial charge in [-0.25, -0.2) is 4.79 Å². The molecule has 2 rings (SSSR count). The average molecular weight is 225 g/mol. The minimum Gasteiger partial charge on any atom is -0.464 e. The lowest BCUT2D eigenvalue weighted by Gasteiger charge is -1.95. The van der Waals surface area contributed by atoms with Gasteiger partial charge in [-0.15, -0.1) is 0 Å². The van der Waals surface area contributed by atoms with Crippen LogP contribution < -0.4 is 5.73 Å². The number of nitrogens with one attached hydrogen (secondary N) is 1. The zero-order chi connectivity index (χ0) is 11.0. The third-order valence-corrected chi connectivity index (χ3v) is 2.43. The van der Waals surface area contributed by atoms with E-state index in [1.165, 1.54) is 7.11 Å². The molecule has 0 aliphatic carbocycles. The Morgan fingerprint density at radius 1 is 1.53 bits per heavy atom. The Morgan fingerprint density at radius 2 is 2.27 bits per heavy atom. The Labute approximate surface area is 91.0 Å². The number of halogens is 1. The summed E-state index contributed by atoms with van der Waals surface area (Å²) < 4.78 is 4.59. The van der Waals surface area contributed by atoms with Gasteiger partial charge in [0.25, 0.3) is 0 Å². The molecule has 4 nitrogen and oxygen atoms in total. The van der Waals surface area contributed by atoms with Gasteiger partial charge in [-0.3, -0.25) is 0 Å². The van der Waals surface area contributed by atoms with Crippen molar-refractivity contribution in [3.05, 3.63) is 28.9 Å². The summed E-state index contributed by atoms with van der Waals surface area (Å²) in [5.41, 5.74) is 7.15. The largest absolute Gasteiger partial charge is 0.464 e. The Bertz CT molecular complexity index is 533. The third-order valence-electron chi connectivity index (χ3n) is 2.19. The van der Waals surface area contributed by atoms with E-state index in [2.05, 4.69) is 9.72 Å². The first-order valence-electron chi connectivity index (χ1n) is 4.28. The van der Waals surface area contributed by atoms with Crippen LogP contribution in [0.25, 0.3) is 10.9 Å². The lowest BCUT2D eigenvalue weighted by Crippen LogP contribution is -2.04. The smallest absolute Gasteiger partial charge is 0.356 e. The minimum atomic E-state index is -0.486. The molecule has 0 atom stereocenters. The van der Waals surface area contributed by atoms with E-state index in [1.54, 1.807) is 18.2 Å². The van der Waals surface area contributed by atoms with Crippen LogP contribution >= 0.6 is 11.6 Å². The molecule has 15 heavy (non-hydrogen) atoms. The van der Waals surface area contributed by atoms with Gasteiger partial charge in [-0.2, -0.15) is 0 Å². The number of nitrogen functional groups attached to an aromatic ring is 1. The number of carbonyl (C=O) groups excluding carboxylic acids is 1. The summed E-state index contributed by atoms with van der Waals surface area (Å²) in [5, 5.41) is 1.35. The quantitative estimate of drug-likeness (QED) is 0.730. The number of carbonyl (C=O) groups is 1. The van der Waals surface area contributed by atoms with E-state index in [9.17, 15) is 4.79 Å². The number of methoxy groups -OCH3 is 1. The minimum absolute atomic E-state index is 0.259. The number of fused-ring (bicyclic) bond motifs is 1. The van der Waals surface area contributed by atoms with Crippen LogP contribution in [0.1, 0.15) is 10.5 Å². The first-order valence-corrected chi connectivity index (χ1v) is 4.66. The van der Waals surface area contributed by atoms with Gasteiger partial charge in [0.1, 0.15) is 5.69 Å². The van der Waals surface area contributed by atoms with E-state index in [-0.39, 0.29) is 5.69 Å². The molecule has 0 fully saturated rings. The zero-order valence-corrected chi connectivity index (χ0v) is 8.76. The number of aromatic nitrogens is 1. The van der Waals surface area contributed by atoms with Crippen LogP contribution in [0.2, 0.25) is 5.02 Å². The maximum absolute atomic E-state index is 11.3. The molecular formula is C10H9ClN2O2. The molecule has 0 saturated carbocycles. The maximum Gasteiger partial charge on any atom is 0.356 e. The van der Waals surface area contributed by atoms with Crippen molar-refractivity contribution in [1.82, 2.24) is 4.98 Å². The first-order chi connectivity index (χ1) is 7.13. The van der Waals surface area contributed by atoms with Crippen LogP contribution in [-0.2, 0) is 4.74 Å². The summed E-state index contributed by atoms with van der Waals surface area (Å²) in [6, 6.07) is 5.19. The molecule has 0 bridgehead atoms. The van der Waals surface area contributed by atoms with Crippen molar-refractivity contribution in [2.24, 2.45) is 0 Å². The summed E-state index contributed by atoms with van der Waals surface area (Å²) >= 11 is 5.82. The standard InChI is InChI=1S/C10H9ClN2O2/c1-15-10(14)9-8(12)6-3-2-5(11)4-7(6)13-9/h2-4,13H,12H2,1H3. The Kier molecular flexibility index (Phi) is 2.28. The van der Waals surface area contributed by atoms with Crippen molar-refractivity contribution in [1.29, 1.82) is 0 Å². The van der Waals surface area contributed by atoms with E-state index in [0.717, 1.165) is 10.9 Å². The second kappa shape index (κ2) is 3.47. The highest BCUT2D eigenvalue weighted by Gasteiger charge is 2.15. The molecule has 5 heteroatoms. The molecule has 78 valence electrons. The molecule has 0 spiro atoms. The molecule has 0 radical (unpaired) electrons. The van der Waals surface area contributed by atoms with Crippen LogP contribution in [0.4, 0.5) is 5.69 Å². The SMILES string of the molecule is COC(=O)c1[nH]c2cc(Cl)ccc2c1N. The zero-order valence-electron chi connectivity index (χ0n) is 8.00. The summed E-state index contributed by atoms with van der Waals surface area (Å²) in [5.74, 6) is -0.486. The molecule has 0 aliphatic heterocycles.